The second-order valence-corrected chi connectivity index (χ2v) is 19.1. The number of nitrogens with one attached hydrogen (secondary N) is 1. The van der Waals surface area contributed by atoms with Gasteiger partial charge >= 0.3 is 11.9 Å². The van der Waals surface area contributed by atoms with Crippen molar-refractivity contribution >= 4 is 37.9 Å². The molecule has 0 saturated heterocycles. The van der Waals surface area contributed by atoms with Gasteiger partial charge in [-0.3, -0.25) is 9.59 Å². The molecule has 0 aliphatic carbocycles. The van der Waals surface area contributed by atoms with E-state index in [4.69, 9.17) is 22.1 Å². The zero-order chi connectivity index (χ0) is 39.5. The van der Waals surface area contributed by atoms with Crippen molar-refractivity contribution in [2.24, 2.45) is 38.4 Å². The minimum absolute atomic E-state index is 0.115. The first-order valence-corrected chi connectivity index (χ1v) is 19.7. The Kier molecular flexibility index (Phi) is 17.9. The molecule has 1 aromatic rings. The van der Waals surface area contributed by atoms with Gasteiger partial charge < -0.3 is 19.5 Å². The average Bonchev–Trinajstić information content (AvgIpc) is 3.02. The fourth-order valence-electron chi connectivity index (χ4n) is 7.06. The molecule has 1 N–H and O–H groups in total. The van der Waals surface area contributed by atoms with E-state index in [0.717, 1.165) is 30.3 Å². The van der Waals surface area contributed by atoms with Gasteiger partial charge in [-0.1, -0.05) is 132 Å². The summed E-state index contributed by atoms with van der Waals surface area (Å²) in [5, 5.41) is 3.29. The Morgan fingerprint density at radius 1 is 0.824 bits per heavy atom. The van der Waals surface area contributed by atoms with Crippen LogP contribution in [0.25, 0.3) is 0 Å². The van der Waals surface area contributed by atoms with Crippen LogP contribution in [-0.4, -0.2) is 51.4 Å². The second kappa shape index (κ2) is 19.4. The van der Waals surface area contributed by atoms with E-state index in [-0.39, 0.29) is 35.8 Å². The summed E-state index contributed by atoms with van der Waals surface area (Å²) in [7, 11) is 6.08. The maximum atomic E-state index is 14.5. The Labute approximate surface area is 320 Å². The summed E-state index contributed by atoms with van der Waals surface area (Å²) in [4.78, 5) is 28.6. The van der Waals surface area contributed by atoms with Crippen molar-refractivity contribution in [1.82, 2.24) is 5.32 Å². The van der Waals surface area contributed by atoms with Gasteiger partial charge in [-0.2, -0.15) is 12.6 Å². The van der Waals surface area contributed by atoms with Crippen LogP contribution in [-0.2, 0) is 30.3 Å². The number of rotatable bonds is 23. The van der Waals surface area contributed by atoms with Crippen LogP contribution in [0.3, 0.4) is 0 Å². The number of benzene rings is 1. The fraction of sp³-hybridized carbons (Fsp3) is 0.767. The molecule has 0 spiro atoms. The highest BCUT2D eigenvalue weighted by atomic mass is 32.1. The minimum Gasteiger partial charge on any atom is -0.494 e. The summed E-state index contributed by atoms with van der Waals surface area (Å²) in [6.45, 7) is 36.1. The molecule has 0 bridgehead atoms. The van der Waals surface area contributed by atoms with Crippen LogP contribution in [0.1, 0.15) is 141 Å². The summed E-state index contributed by atoms with van der Waals surface area (Å²) in [5.74, 6) is 0.502. The SMILES string of the molecule is [B]c1ccccc1CNCCCOC(=O)C(C)(CC(C)(C)C(C)(C)C(C)(CC(C)(C)C(C)CCCC)C(=O)OCCOC(=C)C(C)S)C(C)(C)C. The van der Waals surface area contributed by atoms with E-state index in [9.17, 15) is 9.59 Å². The van der Waals surface area contributed by atoms with E-state index in [1.54, 1.807) is 0 Å². The summed E-state index contributed by atoms with van der Waals surface area (Å²) in [5.41, 5.74) is -1.54. The topological polar surface area (TPSA) is 73.9 Å². The van der Waals surface area contributed by atoms with Crippen molar-refractivity contribution in [3.05, 3.63) is 42.2 Å². The van der Waals surface area contributed by atoms with Gasteiger partial charge in [-0.15, -0.1) is 0 Å². The van der Waals surface area contributed by atoms with Crippen LogP contribution >= 0.6 is 12.6 Å². The van der Waals surface area contributed by atoms with Crippen LogP contribution in [0.15, 0.2) is 36.6 Å². The van der Waals surface area contributed by atoms with Crippen LogP contribution < -0.4 is 10.8 Å². The summed E-state index contributed by atoms with van der Waals surface area (Å²) in [6.07, 6.45) is 5.23. The summed E-state index contributed by atoms with van der Waals surface area (Å²) in [6, 6.07) is 7.81. The molecule has 0 aliphatic rings. The molecule has 290 valence electrons. The van der Waals surface area contributed by atoms with Gasteiger partial charge in [0, 0.05) is 6.54 Å². The molecule has 6 nitrogen and oxygen atoms in total. The molecule has 0 fully saturated rings. The Bertz CT molecular complexity index is 1270. The van der Waals surface area contributed by atoms with Crippen LogP contribution in [0.2, 0.25) is 0 Å². The van der Waals surface area contributed by atoms with Gasteiger partial charge in [0.25, 0.3) is 0 Å². The largest absolute Gasteiger partial charge is 0.494 e. The third-order valence-electron chi connectivity index (χ3n) is 12.7. The molecule has 0 saturated carbocycles. The second-order valence-electron chi connectivity index (χ2n) is 18.3. The molecule has 1 aromatic carbocycles. The van der Waals surface area contributed by atoms with Gasteiger partial charge in [0.2, 0.25) is 0 Å². The van der Waals surface area contributed by atoms with Crippen LogP contribution in [0.4, 0.5) is 0 Å². The summed E-state index contributed by atoms with van der Waals surface area (Å²) >= 11 is 4.39. The standard InChI is InChI=1S/C43H74BNO5S/c1-16-17-21-31(2)39(8,9)29-43(15,37(47)50-27-26-48-32(3)33(4)51)41(12,13)40(10,11)30-42(14,38(5,6)7)36(46)49-25-20-24-45-28-34-22-18-19-23-35(34)44/h18-19,22-23,31,33,45,51H,3,16-17,20-21,24-30H2,1-2,4-15H3. The van der Waals surface area contributed by atoms with Crippen molar-refractivity contribution in [2.75, 3.05) is 26.4 Å². The lowest BCUT2D eigenvalue weighted by Crippen LogP contribution is -2.56. The Morgan fingerprint density at radius 2 is 1.37 bits per heavy atom. The van der Waals surface area contributed by atoms with E-state index >= 15 is 0 Å². The number of unbranched alkanes of at least 4 members (excludes halogenated alkanes) is 1. The summed E-state index contributed by atoms with van der Waals surface area (Å²) < 4.78 is 17.8. The zero-order valence-electron chi connectivity index (χ0n) is 35.0. The highest BCUT2D eigenvalue weighted by Gasteiger charge is 2.60. The molecule has 0 aliphatic heterocycles. The Hall–Kier alpha value is -1.93. The van der Waals surface area contributed by atoms with Gasteiger partial charge in [0.05, 0.1) is 22.7 Å². The zero-order valence-corrected chi connectivity index (χ0v) is 35.9. The van der Waals surface area contributed by atoms with E-state index in [1.165, 1.54) is 0 Å². The van der Waals surface area contributed by atoms with Crippen molar-refractivity contribution in [3.63, 3.8) is 0 Å². The first-order valence-electron chi connectivity index (χ1n) is 19.2. The van der Waals surface area contributed by atoms with E-state index in [0.29, 0.717) is 50.6 Å². The highest BCUT2D eigenvalue weighted by molar-refractivity contribution is 7.81. The van der Waals surface area contributed by atoms with Gasteiger partial charge in [-0.25, -0.2) is 0 Å². The first-order chi connectivity index (χ1) is 23.3. The van der Waals surface area contributed by atoms with Crippen molar-refractivity contribution in [2.45, 2.75) is 147 Å². The number of carbonyl (C=O) groups excluding carboxylic acids is 2. The molecule has 0 heterocycles. The van der Waals surface area contributed by atoms with Gasteiger partial charge in [0.1, 0.15) is 26.8 Å². The quantitative estimate of drug-likeness (QED) is 0.0385. The predicted octanol–water partition coefficient (Wildman–Crippen LogP) is 9.64. The molecule has 2 radical (unpaired) electrons. The van der Waals surface area contributed by atoms with Crippen molar-refractivity contribution in [1.29, 1.82) is 0 Å². The Morgan fingerprint density at radius 3 is 1.92 bits per heavy atom. The monoisotopic (exact) mass is 728 g/mol. The lowest BCUT2D eigenvalue weighted by atomic mass is 9.46. The smallest absolute Gasteiger partial charge is 0.312 e. The van der Waals surface area contributed by atoms with Crippen LogP contribution in [0.5, 0.6) is 0 Å². The Balaban J connectivity index is 3.31. The first kappa shape index (κ1) is 47.1. The van der Waals surface area contributed by atoms with Gasteiger partial charge in [0.15, 0.2) is 0 Å². The number of hydrogen-bond donors (Lipinski definition) is 2. The molecular formula is C43H74BNO5S. The fourth-order valence-corrected chi connectivity index (χ4v) is 7.13. The maximum absolute atomic E-state index is 14.5. The molecule has 1 rings (SSSR count). The lowest BCUT2D eigenvalue weighted by Gasteiger charge is -2.57. The van der Waals surface area contributed by atoms with Crippen molar-refractivity contribution in [3.8, 4) is 0 Å². The third kappa shape index (κ3) is 12.6. The molecule has 51 heavy (non-hydrogen) atoms. The number of hydrogen-bond acceptors (Lipinski definition) is 7. The van der Waals surface area contributed by atoms with E-state index in [1.807, 2.05) is 38.1 Å². The number of carbonyl (C=O) groups is 2. The predicted molar refractivity (Wildman–Crippen MR) is 219 cm³/mol. The lowest BCUT2D eigenvalue weighted by molar-refractivity contribution is -0.183. The highest BCUT2D eigenvalue weighted by Crippen LogP contribution is 2.62. The molecule has 4 unspecified atom stereocenters. The third-order valence-corrected chi connectivity index (χ3v) is 13.0. The molecule has 0 amide bonds. The molecular weight excluding hydrogens is 653 g/mol. The minimum atomic E-state index is -0.884. The molecule has 0 aromatic heterocycles. The van der Waals surface area contributed by atoms with E-state index in [2.05, 4.69) is 108 Å². The number of esters is 2. The van der Waals surface area contributed by atoms with Gasteiger partial charge in [-0.05, 0) is 79.7 Å². The normalized spacial score (nSPS) is 16.4. The maximum Gasteiger partial charge on any atom is 0.312 e. The van der Waals surface area contributed by atoms with E-state index < -0.39 is 27.1 Å². The number of ether oxygens (including phenoxy) is 3. The number of thiol groups is 1. The molecule has 4 atom stereocenters. The average molecular weight is 728 g/mol. The van der Waals surface area contributed by atoms with Crippen LogP contribution in [0, 0.1) is 38.4 Å². The van der Waals surface area contributed by atoms with Crippen molar-refractivity contribution < 1.29 is 23.8 Å². The molecule has 8 heteroatoms.